The summed E-state index contributed by atoms with van der Waals surface area (Å²) in [5.41, 5.74) is 6.01. The summed E-state index contributed by atoms with van der Waals surface area (Å²) < 4.78 is 0. The molecule has 4 rings (SSSR count). The molecule has 1 atom stereocenters. The van der Waals surface area contributed by atoms with Crippen LogP contribution in [0.2, 0.25) is 0 Å². The fraction of sp³-hybridized carbons (Fsp3) is 0.409. The standard InChI is InChI=1S/C22H27N5O/c1-6-8-15-19-14(21(28)25-15)11-17(24-19)13-9-7-10-16-18(13)26-20(12(2)23-16)27-22(3,4)5/h7,9-11,15,24H,6,8H2,1-5H3,(H,25,28)(H,26,27). The van der Waals surface area contributed by atoms with Gasteiger partial charge in [0.05, 0.1) is 28.5 Å². The van der Waals surface area contributed by atoms with E-state index in [1.165, 1.54) is 0 Å². The van der Waals surface area contributed by atoms with Crippen LogP contribution in [0.5, 0.6) is 0 Å². The predicted molar refractivity (Wildman–Crippen MR) is 113 cm³/mol. The summed E-state index contributed by atoms with van der Waals surface area (Å²) in [4.78, 5) is 25.5. The summed E-state index contributed by atoms with van der Waals surface area (Å²) in [6.45, 7) is 10.4. The number of aromatic nitrogens is 3. The highest BCUT2D eigenvalue weighted by Gasteiger charge is 2.31. The number of nitrogens with one attached hydrogen (secondary N) is 3. The summed E-state index contributed by atoms with van der Waals surface area (Å²) in [7, 11) is 0. The van der Waals surface area contributed by atoms with E-state index in [4.69, 9.17) is 9.97 Å². The largest absolute Gasteiger partial charge is 0.364 e. The van der Waals surface area contributed by atoms with E-state index >= 15 is 0 Å². The van der Waals surface area contributed by atoms with Crippen molar-refractivity contribution in [2.45, 2.75) is 59.0 Å². The van der Waals surface area contributed by atoms with Gasteiger partial charge in [-0.3, -0.25) is 4.79 Å². The molecule has 0 bridgehead atoms. The van der Waals surface area contributed by atoms with Gasteiger partial charge in [-0.1, -0.05) is 25.5 Å². The maximum atomic E-state index is 12.3. The van der Waals surface area contributed by atoms with E-state index in [0.29, 0.717) is 0 Å². The molecule has 0 saturated heterocycles. The molecule has 0 fully saturated rings. The van der Waals surface area contributed by atoms with Crippen LogP contribution in [0.3, 0.4) is 0 Å². The van der Waals surface area contributed by atoms with Crippen LogP contribution in [0.25, 0.3) is 22.3 Å². The molecule has 3 heterocycles. The Balaban J connectivity index is 1.84. The zero-order valence-corrected chi connectivity index (χ0v) is 17.1. The summed E-state index contributed by atoms with van der Waals surface area (Å²) in [5.74, 6) is 0.779. The van der Waals surface area contributed by atoms with E-state index in [2.05, 4.69) is 43.3 Å². The maximum absolute atomic E-state index is 12.3. The Labute approximate surface area is 165 Å². The molecule has 0 spiro atoms. The molecular formula is C22H27N5O. The van der Waals surface area contributed by atoms with Gasteiger partial charge in [-0.15, -0.1) is 0 Å². The van der Waals surface area contributed by atoms with Crippen molar-refractivity contribution in [3.63, 3.8) is 0 Å². The molecule has 0 radical (unpaired) electrons. The van der Waals surface area contributed by atoms with Crippen molar-refractivity contribution in [3.8, 4) is 11.3 Å². The lowest BCUT2D eigenvalue weighted by molar-refractivity contribution is 0.0954. The predicted octanol–water partition coefficient (Wildman–Crippen LogP) is 4.73. The molecule has 1 aromatic carbocycles. The molecule has 1 amide bonds. The van der Waals surface area contributed by atoms with E-state index < -0.39 is 0 Å². The number of carbonyl (C=O) groups is 1. The van der Waals surface area contributed by atoms with Crippen molar-refractivity contribution >= 4 is 22.8 Å². The number of H-pyrrole nitrogens is 1. The van der Waals surface area contributed by atoms with Gasteiger partial charge in [0.25, 0.3) is 5.91 Å². The number of anilines is 1. The fourth-order valence-electron chi connectivity index (χ4n) is 3.75. The zero-order valence-electron chi connectivity index (χ0n) is 17.1. The zero-order chi connectivity index (χ0) is 20.1. The Hall–Kier alpha value is -2.89. The van der Waals surface area contributed by atoms with Crippen molar-refractivity contribution in [1.29, 1.82) is 0 Å². The molecule has 2 aromatic heterocycles. The number of benzene rings is 1. The number of para-hydroxylation sites is 1. The Bertz CT molecular complexity index is 1060. The molecule has 1 aliphatic heterocycles. The average Bonchev–Trinajstić information content (AvgIpc) is 3.16. The molecular weight excluding hydrogens is 350 g/mol. The van der Waals surface area contributed by atoms with Gasteiger partial charge in [-0.2, -0.15) is 0 Å². The quantitative estimate of drug-likeness (QED) is 0.614. The SMILES string of the molecule is CCCC1NC(=O)c2cc(-c3cccc4nc(C)c(NC(C)(C)C)nc34)[nH]c21. The molecule has 1 unspecified atom stereocenters. The number of amides is 1. The molecule has 0 saturated carbocycles. The summed E-state index contributed by atoms with van der Waals surface area (Å²) in [5, 5.41) is 6.49. The van der Waals surface area contributed by atoms with Crippen molar-refractivity contribution in [1.82, 2.24) is 20.3 Å². The number of nitrogens with zero attached hydrogens (tertiary/aromatic N) is 2. The number of hydrogen-bond acceptors (Lipinski definition) is 4. The van der Waals surface area contributed by atoms with Gasteiger partial charge in [0, 0.05) is 16.8 Å². The van der Waals surface area contributed by atoms with Crippen LogP contribution in [-0.4, -0.2) is 26.4 Å². The first-order valence-corrected chi connectivity index (χ1v) is 9.86. The minimum atomic E-state index is -0.110. The van der Waals surface area contributed by atoms with Crippen molar-refractivity contribution in [3.05, 3.63) is 41.2 Å². The first-order chi connectivity index (χ1) is 13.3. The number of fused-ring (bicyclic) bond motifs is 2. The number of hydrogen-bond donors (Lipinski definition) is 3. The number of aryl methyl sites for hydroxylation is 1. The summed E-state index contributed by atoms with van der Waals surface area (Å²) >= 11 is 0. The van der Waals surface area contributed by atoms with E-state index in [9.17, 15) is 4.79 Å². The van der Waals surface area contributed by atoms with Gasteiger partial charge in [-0.05, 0) is 46.2 Å². The second-order valence-corrected chi connectivity index (χ2v) is 8.53. The molecule has 1 aliphatic rings. The highest BCUT2D eigenvalue weighted by Crippen LogP contribution is 2.35. The third-order valence-electron chi connectivity index (χ3n) is 4.98. The Kier molecular flexibility index (Phi) is 4.37. The van der Waals surface area contributed by atoms with Crippen LogP contribution >= 0.6 is 0 Å². The minimum absolute atomic E-state index is 0.00629. The Morgan fingerprint density at radius 1 is 1.18 bits per heavy atom. The molecule has 0 aliphatic carbocycles. The lowest BCUT2D eigenvalue weighted by atomic mass is 10.1. The molecule has 28 heavy (non-hydrogen) atoms. The van der Waals surface area contributed by atoms with E-state index in [1.54, 1.807) is 0 Å². The van der Waals surface area contributed by atoms with Crippen LogP contribution in [0.1, 0.15) is 68.3 Å². The van der Waals surface area contributed by atoms with Gasteiger partial charge in [0.1, 0.15) is 11.3 Å². The number of rotatable bonds is 4. The van der Waals surface area contributed by atoms with Crippen molar-refractivity contribution in [2.75, 3.05) is 5.32 Å². The Morgan fingerprint density at radius 3 is 2.68 bits per heavy atom. The maximum Gasteiger partial charge on any atom is 0.253 e. The van der Waals surface area contributed by atoms with Crippen LogP contribution in [-0.2, 0) is 0 Å². The lowest BCUT2D eigenvalue weighted by Gasteiger charge is -2.22. The smallest absolute Gasteiger partial charge is 0.253 e. The molecule has 3 aromatic rings. The summed E-state index contributed by atoms with van der Waals surface area (Å²) in [6, 6.07) is 7.98. The van der Waals surface area contributed by atoms with Crippen LogP contribution in [0.15, 0.2) is 24.3 Å². The third kappa shape index (κ3) is 3.23. The second-order valence-electron chi connectivity index (χ2n) is 8.53. The van der Waals surface area contributed by atoms with Gasteiger partial charge in [0.2, 0.25) is 0 Å². The van der Waals surface area contributed by atoms with Gasteiger partial charge in [0.15, 0.2) is 0 Å². The number of aromatic amines is 1. The van der Waals surface area contributed by atoms with Gasteiger partial charge < -0.3 is 15.6 Å². The van der Waals surface area contributed by atoms with Crippen LogP contribution in [0, 0.1) is 6.92 Å². The highest BCUT2D eigenvalue weighted by molar-refractivity contribution is 6.01. The van der Waals surface area contributed by atoms with Crippen LogP contribution < -0.4 is 10.6 Å². The first kappa shape index (κ1) is 18.5. The monoisotopic (exact) mass is 377 g/mol. The molecule has 3 N–H and O–H groups in total. The highest BCUT2D eigenvalue weighted by atomic mass is 16.2. The average molecular weight is 377 g/mol. The first-order valence-electron chi connectivity index (χ1n) is 9.86. The molecule has 146 valence electrons. The van der Waals surface area contributed by atoms with Crippen molar-refractivity contribution in [2.24, 2.45) is 0 Å². The van der Waals surface area contributed by atoms with E-state index in [1.807, 2.05) is 31.2 Å². The summed E-state index contributed by atoms with van der Waals surface area (Å²) in [6.07, 6.45) is 1.94. The number of carbonyl (C=O) groups excluding carboxylic acids is 1. The topological polar surface area (TPSA) is 82.7 Å². The minimum Gasteiger partial charge on any atom is -0.364 e. The van der Waals surface area contributed by atoms with Crippen molar-refractivity contribution < 1.29 is 4.79 Å². The van der Waals surface area contributed by atoms with Gasteiger partial charge in [-0.25, -0.2) is 9.97 Å². The van der Waals surface area contributed by atoms with Crippen LogP contribution in [0.4, 0.5) is 5.82 Å². The Morgan fingerprint density at radius 2 is 1.96 bits per heavy atom. The van der Waals surface area contributed by atoms with E-state index in [-0.39, 0.29) is 17.5 Å². The van der Waals surface area contributed by atoms with Gasteiger partial charge >= 0.3 is 0 Å². The molecule has 6 heteroatoms. The third-order valence-corrected chi connectivity index (χ3v) is 4.98. The normalized spacial score (nSPS) is 16.3. The lowest BCUT2D eigenvalue weighted by Crippen LogP contribution is -2.27. The second kappa shape index (κ2) is 6.62. The molecule has 6 nitrogen and oxygen atoms in total. The van der Waals surface area contributed by atoms with E-state index in [0.717, 1.165) is 57.9 Å². The fourth-order valence-corrected chi connectivity index (χ4v) is 3.75.